The molecule has 1 aromatic heterocycles. The van der Waals surface area contributed by atoms with Crippen LogP contribution in [0.15, 0.2) is 74.7 Å². The Kier molecular flexibility index (Phi) is 7.89. The maximum atomic E-state index is 12.4. The van der Waals surface area contributed by atoms with E-state index in [1.807, 2.05) is 43.3 Å². The molecule has 0 saturated carbocycles. The summed E-state index contributed by atoms with van der Waals surface area (Å²) in [7, 11) is 0. The van der Waals surface area contributed by atoms with Gasteiger partial charge in [-0.05, 0) is 84.0 Å². The highest BCUT2D eigenvalue weighted by Crippen LogP contribution is 2.34. The number of rotatable bonds is 8. The number of halogens is 2. The Morgan fingerprint density at radius 1 is 1.12 bits per heavy atom. The molecular weight excluding hydrogens is 611 g/mol. The fourth-order valence-corrected chi connectivity index (χ4v) is 4.41. The zero-order chi connectivity index (χ0) is 24.1. The molecule has 1 heterocycles. The van der Waals surface area contributed by atoms with Crippen molar-refractivity contribution >= 4 is 61.6 Å². The van der Waals surface area contributed by atoms with Gasteiger partial charge in [0.05, 0.1) is 16.4 Å². The van der Waals surface area contributed by atoms with Crippen molar-refractivity contribution in [1.82, 2.24) is 5.43 Å². The first-order chi connectivity index (χ1) is 16.4. The van der Waals surface area contributed by atoms with Crippen LogP contribution in [0.5, 0.6) is 11.5 Å². The number of nitrogens with one attached hydrogen (secondary N) is 1. The number of carbonyl (C=O) groups excluding carboxylic acids is 1. The number of hydrogen-bond acceptors (Lipinski definition) is 5. The Morgan fingerprint density at radius 2 is 1.91 bits per heavy atom. The van der Waals surface area contributed by atoms with Gasteiger partial charge in [-0.2, -0.15) is 5.10 Å². The lowest BCUT2D eigenvalue weighted by atomic mass is 10.2. The van der Waals surface area contributed by atoms with E-state index in [4.69, 9.17) is 13.9 Å². The van der Waals surface area contributed by atoms with Crippen molar-refractivity contribution in [2.45, 2.75) is 20.5 Å². The van der Waals surface area contributed by atoms with Crippen LogP contribution in [0.25, 0.3) is 11.0 Å². The summed E-state index contributed by atoms with van der Waals surface area (Å²) in [6.07, 6.45) is 1.56. The summed E-state index contributed by atoms with van der Waals surface area (Å²) in [5.41, 5.74) is 6.20. The Hall–Kier alpha value is -2.85. The van der Waals surface area contributed by atoms with Crippen molar-refractivity contribution in [2.24, 2.45) is 5.10 Å². The van der Waals surface area contributed by atoms with Crippen LogP contribution in [0.3, 0.4) is 0 Å². The maximum absolute atomic E-state index is 12.4. The van der Waals surface area contributed by atoms with Crippen molar-refractivity contribution in [1.29, 1.82) is 0 Å². The highest BCUT2D eigenvalue weighted by atomic mass is 127. The van der Waals surface area contributed by atoms with Crippen LogP contribution in [0, 0.1) is 10.5 Å². The molecule has 0 aliphatic heterocycles. The second kappa shape index (κ2) is 11.1. The number of carbonyl (C=O) groups is 1. The van der Waals surface area contributed by atoms with Gasteiger partial charge in [0, 0.05) is 9.86 Å². The molecule has 1 amide bonds. The lowest BCUT2D eigenvalue weighted by Crippen LogP contribution is -2.16. The zero-order valence-electron chi connectivity index (χ0n) is 18.6. The van der Waals surface area contributed by atoms with Crippen molar-refractivity contribution < 1.29 is 18.7 Å². The van der Waals surface area contributed by atoms with E-state index in [-0.39, 0.29) is 5.76 Å². The van der Waals surface area contributed by atoms with Crippen LogP contribution >= 0.6 is 38.5 Å². The van der Waals surface area contributed by atoms with E-state index < -0.39 is 5.91 Å². The van der Waals surface area contributed by atoms with E-state index >= 15 is 0 Å². The fraction of sp³-hybridized carbons (Fsp3) is 0.154. The average molecular weight is 633 g/mol. The quantitative estimate of drug-likeness (QED) is 0.131. The number of benzene rings is 3. The highest BCUT2D eigenvalue weighted by molar-refractivity contribution is 14.1. The van der Waals surface area contributed by atoms with E-state index in [0.717, 1.165) is 24.6 Å². The summed E-state index contributed by atoms with van der Waals surface area (Å²) < 4.78 is 19.3. The van der Waals surface area contributed by atoms with E-state index in [9.17, 15) is 4.79 Å². The summed E-state index contributed by atoms with van der Waals surface area (Å²) in [4.78, 5) is 12.4. The Morgan fingerprint density at radius 3 is 2.68 bits per heavy atom. The number of hydrazone groups is 1. The monoisotopic (exact) mass is 632 g/mol. The Balaban J connectivity index is 1.46. The second-order valence-corrected chi connectivity index (χ2v) is 9.61. The Bertz CT molecular complexity index is 1350. The standard InChI is InChI=1S/C26H22BrIN2O4/c1-3-32-23-11-18(10-21(28)25(23)33-15-17-6-4-16(2)5-7-17)14-29-30-26(31)24-13-19-12-20(27)8-9-22(19)34-24/h4-14H,3,15H2,1-2H3,(H,30,31)/b29-14+. The number of aryl methyl sites for hydroxylation is 1. The zero-order valence-corrected chi connectivity index (χ0v) is 22.3. The summed E-state index contributed by atoms with van der Waals surface area (Å²) in [5.74, 6) is 1.06. The van der Waals surface area contributed by atoms with Gasteiger partial charge < -0.3 is 13.9 Å². The molecular formula is C26H22BrIN2O4. The molecule has 0 fully saturated rings. The third kappa shape index (κ3) is 5.98. The van der Waals surface area contributed by atoms with Crippen LogP contribution in [0.2, 0.25) is 0 Å². The molecule has 4 aromatic rings. The van der Waals surface area contributed by atoms with Gasteiger partial charge >= 0.3 is 5.91 Å². The van der Waals surface area contributed by atoms with Crippen molar-refractivity contribution in [3.05, 3.63) is 91.2 Å². The molecule has 3 aromatic carbocycles. The molecule has 8 heteroatoms. The molecule has 0 saturated heterocycles. The molecule has 0 spiro atoms. The lowest BCUT2D eigenvalue weighted by Gasteiger charge is -2.15. The van der Waals surface area contributed by atoms with Gasteiger partial charge in [0.15, 0.2) is 17.3 Å². The Labute approximate surface area is 219 Å². The maximum Gasteiger partial charge on any atom is 0.307 e. The number of amides is 1. The van der Waals surface area contributed by atoms with E-state index in [2.05, 4.69) is 68.1 Å². The molecule has 0 atom stereocenters. The summed E-state index contributed by atoms with van der Waals surface area (Å²) in [5, 5.41) is 4.92. The van der Waals surface area contributed by atoms with Gasteiger partial charge in [0.25, 0.3) is 0 Å². The van der Waals surface area contributed by atoms with Crippen molar-refractivity contribution in [2.75, 3.05) is 6.61 Å². The molecule has 6 nitrogen and oxygen atoms in total. The van der Waals surface area contributed by atoms with Gasteiger partial charge in [0.1, 0.15) is 12.2 Å². The first-order valence-electron chi connectivity index (χ1n) is 10.6. The predicted molar refractivity (Wildman–Crippen MR) is 145 cm³/mol. The topological polar surface area (TPSA) is 73.1 Å². The van der Waals surface area contributed by atoms with E-state index in [1.54, 1.807) is 18.3 Å². The van der Waals surface area contributed by atoms with Crippen molar-refractivity contribution in [3.8, 4) is 11.5 Å². The first kappa shape index (κ1) is 24.3. The molecule has 174 valence electrons. The first-order valence-corrected chi connectivity index (χ1v) is 12.5. The minimum atomic E-state index is -0.429. The van der Waals surface area contributed by atoms with Gasteiger partial charge in [-0.1, -0.05) is 45.8 Å². The number of fused-ring (bicyclic) bond motifs is 1. The third-order valence-electron chi connectivity index (χ3n) is 4.92. The van der Waals surface area contributed by atoms with E-state index in [0.29, 0.717) is 30.3 Å². The number of hydrogen-bond donors (Lipinski definition) is 1. The van der Waals surface area contributed by atoms with E-state index in [1.165, 1.54) is 5.56 Å². The highest BCUT2D eigenvalue weighted by Gasteiger charge is 2.14. The smallest absolute Gasteiger partial charge is 0.307 e. The van der Waals surface area contributed by atoms with Gasteiger partial charge in [0.2, 0.25) is 0 Å². The normalized spacial score (nSPS) is 11.2. The average Bonchev–Trinajstić information content (AvgIpc) is 3.23. The van der Waals surface area contributed by atoms with Gasteiger partial charge in [-0.15, -0.1) is 0 Å². The molecule has 1 N–H and O–H groups in total. The number of ether oxygens (including phenoxy) is 2. The van der Waals surface area contributed by atoms with Crippen LogP contribution in [-0.4, -0.2) is 18.7 Å². The molecule has 4 rings (SSSR count). The number of furan rings is 1. The molecule has 0 aliphatic rings. The van der Waals surface area contributed by atoms with Crippen LogP contribution in [0.1, 0.15) is 34.2 Å². The summed E-state index contributed by atoms with van der Waals surface area (Å²) in [6.45, 7) is 4.91. The molecule has 0 unspecified atom stereocenters. The molecule has 0 radical (unpaired) electrons. The largest absolute Gasteiger partial charge is 0.490 e. The van der Waals surface area contributed by atoms with Crippen LogP contribution in [0.4, 0.5) is 0 Å². The summed E-state index contributed by atoms with van der Waals surface area (Å²) >= 11 is 5.62. The lowest BCUT2D eigenvalue weighted by molar-refractivity contribution is 0.0929. The van der Waals surface area contributed by atoms with Crippen LogP contribution in [-0.2, 0) is 6.61 Å². The van der Waals surface area contributed by atoms with Crippen molar-refractivity contribution in [3.63, 3.8) is 0 Å². The molecule has 0 bridgehead atoms. The number of nitrogens with zero attached hydrogens (tertiary/aromatic N) is 1. The fourth-order valence-electron chi connectivity index (χ4n) is 3.25. The molecule has 34 heavy (non-hydrogen) atoms. The minimum absolute atomic E-state index is 0.190. The second-order valence-electron chi connectivity index (χ2n) is 7.53. The SMILES string of the molecule is CCOc1cc(/C=N/NC(=O)c2cc3cc(Br)ccc3o2)cc(I)c1OCc1ccc(C)cc1. The summed E-state index contributed by atoms with van der Waals surface area (Å²) in [6, 6.07) is 19.2. The van der Waals surface area contributed by atoms with Gasteiger partial charge in [-0.25, -0.2) is 5.43 Å². The third-order valence-corrected chi connectivity index (χ3v) is 6.21. The van der Waals surface area contributed by atoms with Gasteiger partial charge in [-0.3, -0.25) is 4.79 Å². The predicted octanol–water partition coefficient (Wildman–Crippen LogP) is 6.85. The minimum Gasteiger partial charge on any atom is -0.490 e. The molecule has 0 aliphatic carbocycles. The van der Waals surface area contributed by atoms with Crippen LogP contribution < -0.4 is 14.9 Å².